The third-order valence-electron chi connectivity index (χ3n) is 4.06. The number of thiophene rings is 1. The minimum atomic E-state index is -0.623. The highest BCUT2D eigenvalue weighted by Crippen LogP contribution is 2.33. The molecule has 0 fully saturated rings. The summed E-state index contributed by atoms with van der Waals surface area (Å²) in [7, 11) is 0. The van der Waals surface area contributed by atoms with E-state index >= 15 is 0 Å². The number of hydrogen-bond acceptors (Lipinski definition) is 5. The number of aliphatic hydroxyl groups is 1. The molecule has 0 aliphatic rings. The van der Waals surface area contributed by atoms with Crippen molar-refractivity contribution in [3.8, 4) is 10.6 Å². The maximum absolute atomic E-state index is 13.4. The van der Waals surface area contributed by atoms with Crippen molar-refractivity contribution in [2.75, 3.05) is 11.9 Å². The van der Waals surface area contributed by atoms with Crippen LogP contribution in [-0.4, -0.2) is 21.6 Å². The lowest BCUT2D eigenvalue weighted by Gasteiger charge is -2.12. The standard InChI is InChI=1S/C20H16FN3OS/c21-15-6-7-18-14(8-15)9-19(26-18)16-10-20(24-12-23-16)22-11-17(25)13-4-2-1-3-5-13/h1-10,12,17,25H,11H2,(H,22,23,24). The van der Waals surface area contributed by atoms with Gasteiger partial charge in [0.15, 0.2) is 0 Å². The number of fused-ring (bicyclic) bond motifs is 1. The van der Waals surface area contributed by atoms with Crippen LogP contribution in [0.3, 0.4) is 0 Å². The number of rotatable bonds is 5. The molecular formula is C20H16FN3OS. The normalized spacial score (nSPS) is 12.2. The predicted molar refractivity (Wildman–Crippen MR) is 103 cm³/mol. The molecule has 4 nitrogen and oxygen atoms in total. The molecule has 26 heavy (non-hydrogen) atoms. The van der Waals surface area contributed by atoms with Crippen LogP contribution >= 0.6 is 11.3 Å². The highest BCUT2D eigenvalue weighted by molar-refractivity contribution is 7.22. The van der Waals surface area contributed by atoms with Crippen LogP contribution in [0, 0.1) is 5.82 Å². The largest absolute Gasteiger partial charge is 0.387 e. The van der Waals surface area contributed by atoms with Gasteiger partial charge in [-0.25, -0.2) is 14.4 Å². The van der Waals surface area contributed by atoms with Gasteiger partial charge in [0, 0.05) is 17.3 Å². The minimum Gasteiger partial charge on any atom is -0.387 e. The van der Waals surface area contributed by atoms with Crippen LogP contribution in [0.4, 0.5) is 10.2 Å². The molecule has 2 aromatic heterocycles. The van der Waals surface area contributed by atoms with Crippen LogP contribution < -0.4 is 5.32 Å². The molecule has 0 saturated heterocycles. The van der Waals surface area contributed by atoms with Gasteiger partial charge in [0.05, 0.1) is 16.7 Å². The summed E-state index contributed by atoms with van der Waals surface area (Å²) in [5.74, 6) is 0.385. The molecule has 0 radical (unpaired) electrons. The molecule has 0 amide bonds. The summed E-state index contributed by atoms with van der Waals surface area (Å²) >= 11 is 1.55. The van der Waals surface area contributed by atoms with Crippen molar-refractivity contribution in [2.24, 2.45) is 0 Å². The Hall–Kier alpha value is -2.83. The number of nitrogens with zero attached hydrogens (tertiary/aromatic N) is 2. The lowest BCUT2D eigenvalue weighted by Crippen LogP contribution is -2.13. The van der Waals surface area contributed by atoms with E-state index in [2.05, 4.69) is 15.3 Å². The van der Waals surface area contributed by atoms with Gasteiger partial charge in [0.1, 0.15) is 18.0 Å². The Balaban J connectivity index is 1.52. The summed E-state index contributed by atoms with van der Waals surface area (Å²) in [6.07, 6.45) is 0.860. The lowest BCUT2D eigenvalue weighted by molar-refractivity contribution is 0.191. The van der Waals surface area contributed by atoms with Crippen LogP contribution in [0.5, 0.6) is 0 Å². The van der Waals surface area contributed by atoms with E-state index in [-0.39, 0.29) is 5.82 Å². The van der Waals surface area contributed by atoms with E-state index in [1.807, 2.05) is 42.5 Å². The number of nitrogens with one attached hydrogen (secondary N) is 1. The molecule has 2 aromatic carbocycles. The van der Waals surface area contributed by atoms with Crippen molar-refractivity contribution in [1.29, 1.82) is 0 Å². The molecule has 2 heterocycles. The zero-order chi connectivity index (χ0) is 17.9. The number of hydrogen-bond donors (Lipinski definition) is 2. The van der Waals surface area contributed by atoms with Gasteiger partial charge in [-0.15, -0.1) is 11.3 Å². The molecule has 0 aliphatic carbocycles. The van der Waals surface area contributed by atoms with Gasteiger partial charge in [-0.05, 0) is 35.2 Å². The van der Waals surface area contributed by atoms with E-state index in [0.29, 0.717) is 12.4 Å². The van der Waals surface area contributed by atoms with E-state index in [9.17, 15) is 9.50 Å². The Morgan fingerprint density at radius 3 is 2.73 bits per heavy atom. The fraction of sp³-hybridized carbons (Fsp3) is 0.100. The summed E-state index contributed by atoms with van der Waals surface area (Å²) < 4.78 is 14.4. The second-order valence-electron chi connectivity index (χ2n) is 5.89. The number of aliphatic hydroxyl groups excluding tert-OH is 1. The van der Waals surface area contributed by atoms with Gasteiger partial charge >= 0.3 is 0 Å². The van der Waals surface area contributed by atoms with E-state index < -0.39 is 6.10 Å². The molecule has 1 atom stereocenters. The Bertz CT molecular complexity index is 1040. The summed E-state index contributed by atoms with van der Waals surface area (Å²) in [4.78, 5) is 9.47. The topological polar surface area (TPSA) is 58.0 Å². The molecule has 4 rings (SSSR count). The Kier molecular flexibility index (Phi) is 4.60. The second kappa shape index (κ2) is 7.19. The van der Waals surface area contributed by atoms with Crippen LogP contribution in [0.1, 0.15) is 11.7 Å². The van der Waals surface area contributed by atoms with Gasteiger partial charge in [-0.2, -0.15) is 0 Å². The first-order chi connectivity index (χ1) is 12.7. The third-order valence-corrected chi connectivity index (χ3v) is 5.20. The summed E-state index contributed by atoms with van der Waals surface area (Å²) in [5.41, 5.74) is 1.61. The van der Waals surface area contributed by atoms with Gasteiger partial charge in [-0.3, -0.25) is 0 Å². The van der Waals surface area contributed by atoms with Crippen LogP contribution in [0.15, 0.2) is 67.0 Å². The van der Waals surface area contributed by atoms with Crippen molar-refractivity contribution in [1.82, 2.24) is 9.97 Å². The molecule has 0 saturated carbocycles. The highest BCUT2D eigenvalue weighted by Gasteiger charge is 2.10. The molecule has 4 aromatic rings. The Morgan fingerprint density at radius 1 is 1.04 bits per heavy atom. The minimum absolute atomic E-state index is 0.248. The van der Waals surface area contributed by atoms with Crippen molar-refractivity contribution in [3.63, 3.8) is 0 Å². The fourth-order valence-electron chi connectivity index (χ4n) is 2.72. The number of benzene rings is 2. The number of aromatic nitrogens is 2. The van der Waals surface area contributed by atoms with Crippen molar-refractivity contribution < 1.29 is 9.50 Å². The molecular weight excluding hydrogens is 349 g/mol. The van der Waals surface area contributed by atoms with Gasteiger partial charge in [0.25, 0.3) is 0 Å². The molecule has 130 valence electrons. The Morgan fingerprint density at radius 2 is 1.88 bits per heavy atom. The average Bonchev–Trinajstić information content (AvgIpc) is 3.10. The molecule has 2 N–H and O–H groups in total. The summed E-state index contributed by atoms with van der Waals surface area (Å²) in [5, 5.41) is 14.2. The molecule has 0 spiro atoms. The van der Waals surface area contributed by atoms with Gasteiger partial charge in [0.2, 0.25) is 0 Å². The maximum atomic E-state index is 13.4. The smallest absolute Gasteiger partial charge is 0.130 e. The predicted octanol–water partition coefficient (Wildman–Crippen LogP) is 4.64. The molecule has 6 heteroatoms. The maximum Gasteiger partial charge on any atom is 0.130 e. The van der Waals surface area contributed by atoms with Crippen LogP contribution in [-0.2, 0) is 0 Å². The van der Waals surface area contributed by atoms with E-state index in [1.165, 1.54) is 18.5 Å². The zero-order valence-corrected chi connectivity index (χ0v) is 14.6. The second-order valence-corrected chi connectivity index (χ2v) is 6.97. The van der Waals surface area contributed by atoms with Crippen molar-refractivity contribution in [3.05, 3.63) is 78.4 Å². The first-order valence-electron chi connectivity index (χ1n) is 8.17. The van der Waals surface area contributed by atoms with Crippen LogP contribution in [0.2, 0.25) is 0 Å². The summed E-state index contributed by atoms with van der Waals surface area (Å²) in [6.45, 7) is 0.345. The zero-order valence-electron chi connectivity index (χ0n) is 13.8. The van der Waals surface area contributed by atoms with E-state index in [4.69, 9.17) is 0 Å². The third kappa shape index (κ3) is 3.56. The van der Waals surface area contributed by atoms with Crippen LogP contribution in [0.25, 0.3) is 20.7 Å². The molecule has 0 bridgehead atoms. The van der Waals surface area contributed by atoms with E-state index in [0.717, 1.165) is 26.2 Å². The SMILES string of the molecule is OC(CNc1cc(-c2cc3cc(F)ccc3s2)ncn1)c1ccccc1. The van der Waals surface area contributed by atoms with Gasteiger partial charge in [-0.1, -0.05) is 30.3 Å². The number of anilines is 1. The number of halogens is 1. The van der Waals surface area contributed by atoms with Crippen molar-refractivity contribution >= 4 is 27.2 Å². The Labute approximate surface area is 154 Å². The quantitative estimate of drug-likeness (QED) is 0.541. The monoisotopic (exact) mass is 365 g/mol. The highest BCUT2D eigenvalue weighted by atomic mass is 32.1. The average molecular weight is 365 g/mol. The van der Waals surface area contributed by atoms with Crippen molar-refractivity contribution in [2.45, 2.75) is 6.10 Å². The summed E-state index contributed by atoms with van der Waals surface area (Å²) in [6, 6.07) is 18.0. The van der Waals surface area contributed by atoms with E-state index in [1.54, 1.807) is 17.4 Å². The first kappa shape index (κ1) is 16.6. The lowest BCUT2D eigenvalue weighted by atomic mass is 10.1. The first-order valence-corrected chi connectivity index (χ1v) is 8.99. The molecule has 1 unspecified atom stereocenters. The fourth-order valence-corrected chi connectivity index (χ4v) is 3.73. The van der Waals surface area contributed by atoms with Gasteiger partial charge < -0.3 is 10.4 Å². The molecule has 0 aliphatic heterocycles.